The Labute approximate surface area is 284 Å². The first-order valence-electron chi connectivity index (χ1n) is 17.0. The van der Waals surface area contributed by atoms with Gasteiger partial charge in [-0.05, 0) is 104 Å². The Morgan fingerprint density at radius 1 is 1.10 bits per heavy atom. The molecule has 1 N–H and O–H groups in total. The van der Waals surface area contributed by atoms with Gasteiger partial charge in [0.25, 0.3) is 5.91 Å². The molecule has 1 aliphatic heterocycles. The van der Waals surface area contributed by atoms with Crippen LogP contribution < -0.4 is 0 Å². The lowest BCUT2D eigenvalue weighted by Gasteiger charge is -2.60. The summed E-state index contributed by atoms with van der Waals surface area (Å²) in [6, 6.07) is 10.8. The fraction of sp³-hybridized carbons (Fsp3) is 0.514. The maximum atomic E-state index is 13.3. The first-order chi connectivity index (χ1) is 23.1. The summed E-state index contributed by atoms with van der Waals surface area (Å²) >= 11 is 4.30. The van der Waals surface area contributed by atoms with Gasteiger partial charge in [-0.15, -0.1) is 12.6 Å². The number of benzene rings is 1. The molecule has 7 atom stereocenters. The number of hydrogen-bond donors (Lipinski definition) is 2. The van der Waals surface area contributed by atoms with Crippen molar-refractivity contribution in [3.05, 3.63) is 77.0 Å². The summed E-state index contributed by atoms with van der Waals surface area (Å²) in [5.41, 5.74) is 2.33. The van der Waals surface area contributed by atoms with E-state index in [1.54, 1.807) is 6.07 Å². The van der Waals surface area contributed by atoms with Gasteiger partial charge in [-0.25, -0.2) is 9.48 Å². The van der Waals surface area contributed by atoms with Crippen molar-refractivity contribution >= 4 is 35.7 Å². The summed E-state index contributed by atoms with van der Waals surface area (Å²) in [5.74, 6) is -0.477. The molecule has 5 aliphatic rings. The lowest BCUT2D eigenvalue weighted by molar-refractivity contribution is -0.174. The van der Waals surface area contributed by atoms with Gasteiger partial charge in [-0.1, -0.05) is 25.5 Å². The quantitative estimate of drug-likeness (QED) is 0.282. The van der Waals surface area contributed by atoms with Crippen LogP contribution in [0, 0.1) is 28.6 Å². The highest BCUT2D eigenvalue weighted by molar-refractivity contribution is 7.96. The molecule has 10 nitrogen and oxygen atoms in total. The lowest BCUT2D eigenvalue weighted by Crippen LogP contribution is -2.62. The molecule has 0 radical (unpaired) electrons. The third kappa shape index (κ3) is 4.60. The molecule has 3 aromatic rings. The predicted molar refractivity (Wildman–Crippen MR) is 179 cm³/mol. The van der Waals surface area contributed by atoms with Crippen LogP contribution in [0.1, 0.15) is 78.1 Å². The molecule has 11 heteroatoms. The number of nitrogens with zero attached hydrogens (tertiary/aromatic N) is 3. The number of carbonyl (C=O) groups is 3. The van der Waals surface area contributed by atoms with Crippen LogP contribution >= 0.6 is 12.6 Å². The maximum Gasteiger partial charge on any atom is 0.375 e. The summed E-state index contributed by atoms with van der Waals surface area (Å²) < 4.78 is 18.7. The minimum Gasteiger partial charge on any atom is -0.457 e. The number of thiol groups is 1. The zero-order valence-electron chi connectivity index (χ0n) is 27.3. The summed E-state index contributed by atoms with van der Waals surface area (Å²) in [6.45, 7) is 6.54. The summed E-state index contributed by atoms with van der Waals surface area (Å²) in [7, 11) is 0. The normalized spacial score (nSPS) is 33.9. The van der Waals surface area contributed by atoms with Gasteiger partial charge in [-0.3, -0.25) is 9.59 Å². The average molecular weight is 672 g/mol. The zero-order valence-corrected chi connectivity index (χ0v) is 28.2. The largest absolute Gasteiger partial charge is 0.457 e. The third-order valence-corrected chi connectivity index (χ3v) is 12.9. The van der Waals surface area contributed by atoms with E-state index in [1.165, 1.54) is 17.9 Å². The number of aliphatic hydroxyl groups excluding tert-OH is 1. The number of furan rings is 1. The van der Waals surface area contributed by atoms with E-state index < -0.39 is 28.2 Å². The van der Waals surface area contributed by atoms with E-state index in [1.807, 2.05) is 47.0 Å². The molecule has 252 valence electrons. The number of aromatic nitrogens is 2. The number of carbonyl (C=O) groups excluding carboxylic acids is 3. The van der Waals surface area contributed by atoms with Crippen molar-refractivity contribution < 1.29 is 33.4 Å². The predicted octanol–water partition coefficient (Wildman–Crippen LogP) is 5.14. The van der Waals surface area contributed by atoms with E-state index in [0.29, 0.717) is 51.1 Å². The molecular formula is C37H41N3O7S. The highest BCUT2D eigenvalue weighted by Gasteiger charge is 2.70. The van der Waals surface area contributed by atoms with Crippen molar-refractivity contribution in [2.75, 3.05) is 26.3 Å². The first-order valence-corrected chi connectivity index (χ1v) is 17.4. The second-order valence-electron chi connectivity index (χ2n) is 14.7. The SMILES string of the molecule is C[C@]12Cc3cnn(-c4cccc(C(=O)N5CCOCC5)c4)c3C=C1CC[C@@H]1[C@@H]2[C@@H](O)C[C@@]2(C)[C@H]1CC[C@]2(OC(=O)c1ccco1)C(=O)S. The molecule has 1 saturated heterocycles. The van der Waals surface area contributed by atoms with Gasteiger partial charge in [0, 0.05) is 24.1 Å². The minimum absolute atomic E-state index is 0.00464. The highest BCUT2D eigenvalue weighted by Crippen LogP contribution is 2.68. The van der Waals surface area contributed by atoms with Gasteiger partial charge in [0.15, 0.2) is 5.60 Å². The number of fused-ring (bicyclic) bond motifs is 6. The van der Waals surface area contributed by atoms with E-state index in [2.05, 4.69) is 25.6 Å². The molecule has 0 bridgehead atoms. The summed E-state index contributed by atoms with van der Waals surface area (Å²) in [4.78, 5) is 41.5. The third-order valence-electron chi connectivity index (χ3n) is 12.5. The van der Waals surface area contributed by atoms with Gasteiger partial charge in [0.05, 0.1) is 43.2 Å². The van der Waals surface area contributed by atoms with E-state index >= 15 is 0 Å². The fourth-order valence-electron chi connectivity index (χ4n) is 10.3. The molecule has 4 fully saturated rings. The van der Waals surface area contributed by atoms with Crippen molar-refractivity contribution in [1.82, 2.24) is 14.7 Å². The van der Waals surface area contributed by atoms with E-state index in [0.717, 1.165) is 36.2 Å². The van der Waals surface area contributed by atoms with E-state index in [-0.39, 0.29) is 34.8 Å². The minimum atomic E-state index is -1.45. The smallest absolute Gasteiger partial charge is 0.375 e. The first kappa shape index (κ1) is 31.6. The van der Waals surface area contributed by atoms with Crippen LogP contribution in [-0.2, 0) is 20.7 Å². The Hall–Kier alpha value is -3.67. The van der Waals surface area contributed by atoms with Gasteiger partial charge in [0.1, 0.15) is 0 Å². The number of hydrogen-bond acceptors (Lipinski definition) is 8. The van der Waals surface area contributed by atoms with Crippen LogP contribution in [0.4, 0.5) is 0 Å². The Kier molecular flexibility index (Phi) is 7.54. The summed E-state index contributed by atoms with van der Waals surface area (Å²) in [5, 5.41) is 16.4. The van der Waals surface area contributed by atoms with Crippen LogP contribution in [-0.4, -0.2) is 74.8 Å². The van der Waals surface area contributed by atoms with Crippen LogP contribution in [0.3, 0.4) is 0 Å². The number of amides is 1. The van der Waals surface area contributed by atoms with Crippen molar-refractivity contribution in [3.8, 4) is 5.69 Å². The van der Waals surface area contributed by atoms with Crippen LogP contribution in [0.25, 0.3) is 11.8 Å². The van der Waals surface area contributed by atoms with Crippen LogP contribution in [0.2, 0.25) is 0 Å². The number of rotatable bonds is 5. The zero-order chi connectivity index (χ0) is 33.4. The van der Waals surface area contributed by atoms with Gasteiger partial charge >= 0.3 is 5.97 Å². The van der Waals surface area contributed by atoms with E-state index in [4.69, 9.17) is 19.0 Å². The van der Waals surface area contributed by atoms with Gasteiger partial charge in [0.2, 0.25) is 10.9 Å². The second-order valence-corrected chi connectivity index (χ2v) is 15.2. The van der Waals surface area contributed by atoms with Crippen molar-refractivity contribution in [2.45, 2.75) is 64.1 Å². The molecule has 0 spiro atoms. The lowest BCUT2D eigenvalue weighted by atomic mass is 9.45. The monoisotopic (exact) mass is 671 g/mol. The second kappa shape index (κ2) is 11.5. The van der Waals surface area contributed by atoms with Gasteiger partial charge in [-0.2, -0.15) is 5.10 Å². The average Bonchev–Trinajstić information content (AvgIpc) is 3.82. The Bertz CT molecular complexity index is 1810. The number of esters is 1. The molecule has 2 aromatic heterocycles. The summed E-state index contributed by atoms with van der Waals surface area (Å²) in [6.07, 6.45) is 8.70. The molecule has 3 heterocycles. The Morgan fingerprint density at radius 3 is 2.67 bits per heavy atom. The molecule has 48 heavy (non-hydrogen) atoms. The molecule has 8 rings (SSSR count). The molecule has 1 amide bonds. The van der Waals surface area contributed by atoms with E-state index in [9.17, 15) is 19.5 Å². The number of allylic oxidation sites excluding steroid dienone is 1. The molecular weight excluding hydrogens is 630 g/mol. The standard InChI is InChI=1S/C37H41N3O7S/c1-35-19-23-21-38-40(25-6-3-5-22(17-25)32(42)39-12-15-45-16-13-39)28(23)18-24(35)8-9-26-27-10-11-37(34(44)48,36(27,2)20-29(41)31(26)35)47-33(43)30-7-4-14-46-30/h3-7,14,17-18,21,26-27,29,31,41H,8-13,15-16,19-20H2,1-2H3,(H,44,48)/t26-,27-,29-,31+,35-,36-,37-/m0/s1. The maximum absolute atomic E-state index is 13.3. The Morgan fingerprint density at radius 2 is 1.92 bits per heavy atom. The Balaban J connectivity index is 1.08. The fourth-order valence-corrected chi connectivity index (χ4v) is 10.7. The molecule has 3 saturated carbocycles. The topological polar surface area (TPSA) is 124 Å². The number of aliphatic hydroxyl groups is 1. The van der Waals surface area contributed by atoms with Crippen molar-refractivity contribution in [3.63, 3.8) is 0 Å². The van der Waals surface area contributed by atoms with Gasteiger partial charge < -0.3 is 23.9 Å². The molecule has 1 aromatic carbocycles. The molecule has 4 aliphatic carbocycles. The number of ether oxygens (including phenoxy) is 2. The van der Waals surface area contributed by atoms with Crippen LogP contribution in [0.15, 0.2) is 58.8 Å². The van der Waals surface area contributed by atoms with Crippen LogP contribution in [0.5, 0.6) is 0 Å². The van der Waals surface area contributed by atoms with Crippen molar-refractivity contribution in [2.24, 2.45) is 28.6 Å². The highest BCUT2D eigenvalue weighted by atomic mass is 32.1. The molecule has 0 unspecified atom stereocenters. The van der Waals surface area contributed by atoms with Crippen molar-refractivity contribution in [1.29, 1.82) is 0 Å². The number of morpholine rings is 1.